The van der Waals surface area contributed by atoms with Crippen molar-refractivity contribution in [3.05, 3.63) is 0 Å². The second kappa shape index (κ2) is 10.1. The van der Waals surface area contributed by atoms with Crippen LogP contribution in [0.5, 0.6) is 0 Å². The summed E-state index contributed by atoms with van der Waals surface area (Å²) in [5.74, 6) is 0. The Hall–Kier alpha value is -0.930. The summed E-state index contributed by atoms with van der Waals surface area (Å²) in [6.07, 6.45) is 3.39. The first-order valence-electron chi connectivity index (χ1n) is 8.69. The van der Waals surface area contributed by atoms with Crippen LogP contribution in [0, 0.1) is 5.41 Å². The van der Waals surface area contributed by atoms with E-state index in [1.165, 1.54) is 7.11 Å². The van der Waals surface area contributed by atoms with Crippen LogP contribution in [0.3, 0.4) is 0 Å². The van der Waals surface area contributed by atoms with Crippen LogP contribution in [0.25, 0.3) is 0 Å². The van der Waals surface area contributed by atoms with E-state index in [9.17, 15) is 0 Å². The van der Waals surface area contributed by atoms with Gasteiger partial charge in [-0.3, -0.25) is 5.73 Å². The summed E-state index contributed by atoms with van der Waals surface area (Å²) in [6.45, 7) is 4.19. The van der Waals surface area contributed by atoms with E-state index in [-0.39, 0.29) is 18.0 Å². The molecule has 0 radical (unpaired) electrons. The van der Waals surface area contributed by atoms with Gasteiger partial charge in [-0.2, -0.15) is 0 Å². The Morgan fingerprint density at radius 1 is 1.08 bits per heavy atom. The molecule has 0 aromatic heterocycles. The normalized spacial score (nSPS) is 31.3. The lowest BCUT2D eigenvalue weighted by atomic mass is 9.90. The Kier molecular flexibility index (Phi) is 8.20. The lowest BCUT2D eigenvalue weighted by Gasteiger charge is -2.43. The minimum Gasteiger partial charge on any atom is -0.435 e. The molecule has 2 rings (SSSR count). The molecule has 2 heterocycles. The molecule has 0 saturated carbocycles. The summed E-state index contributed by atoms with van der Waals surface area (Å²) >= 11 is 0. The highest BCUT2D eigenvalue weighted by Crippen LogP contribution is 2.31. The molecule has 8 nitrogen and oxygen atoms in total. The molecule has 8 heteroatoms. The molecule has 1 spiro atoms. The first kappa shape index (κ1) is 19.4. The Balaban J connectivity index is 1.61. The molecule has 2 fully saturated rings. The molecule has 0 bridgehead atoms. The monoisotopic (exact) mass is 346 g/mol. The molecule has 2 aliphatic rings. The number of hydrogen-bond acceptors (Lipinski definition) is 6. The number of nitrogens with one attached hydrogen (secondary N) is 2. The van der Waals surface area contributed by atoms with Gasteiger partial charge >= 0.3 is 6.02 Å². The zero-order valence-corrected chi connectivity index (χ0v) is 14.8. The number of methoxy groups -OCH3 is 1. The van der Waals surface area contributed by atoms with E-state index < -0.39 is 0 Å². The van der Waals surface area contributed by atoms with Gasteiger partial charge in [0.1, 0.15) is 0 Å². The molecule has 0 aliphatic carbocycles. The van der Waals surface area contributed by atoms with Gasteiger partial charge < -0.3 is 29.0 Å². The van der Waals surface area contributed by atoms with Crippen molar-refractivity contribution in [2.45, 2.75) is 38.3 Å². The molecule has 0 atom stereocenters. The predicted octanol–water partition coefficient (Wildman–Crippen LogP) is -1.46. The summed E-state index contributed by atoms with van der Waals surface area (Å²) in [5, 5.41) is 3.13. The molecule has 2 saturated heterocycles. The maximum absolute atomic E-state index is 5.85. The Morgan fingerprint density at radius 2 is 1.62 bits per heavy atom. The molecule has 0 amide bonds. The van der Waals surface area contributed by atoms with Crippen molar-refractivity contribution in [3.8, 4) is 0 Å². The number of amidine groups is 1. The van der Waals surface area contributed by atoms with E-state index in [1.54, 1.807) is 0 Å². The number of ether oxygens (including phenoxy) is 5. The minimum absolute atomic E-state index is 0.102. The Labute approximate surface area is 144 Å². The lowest BCUT2D eigenvalue weighted by Crippen LogP contribution is -2.76. The van der Waals surface area contributed by atoms with Gasteiger partial charge in [-0.15, -0.1) is 0 Å². The van der Waals surface area contributed by atoms with Gasteiger partial charge in [0.25, 0.3) is 0 Å². The van der Waals surface area contributed by atoms with Gasteiger partial charge in [0.2, 0.25) is 0 Å². The fraction of sp³-hybridized carbons (Fsp3) is 0.938. The summed E-state index contributed by atoms with van der Waals surface area (Å²) < 4.78 is 28.2. The average molecular weight is 346 g/mol. The van der Waals surface area contributed by atoms with Crippen molar-refractivity contribution >= 4 is 6.02 Å². The topological polar surface area (TPSA) is 98.2 Å². The molecule has 24 heavy (non-hydrogen) atoms. The van der Waals surface area contributed by atoms with E-state index in [0.717, 1.165) is 38.8 Å². The molecule has 2 aliphatic heterocycles. The molecule has 0 aromatic rings. The SMILES string of the molecule is CNCCCC1OCC2(CO1)COC(CCC[NH+]=C(N)OC)OC2. The van der Waals surface area contributed by atoms with Gasteiger partial charge in [-0.1, -0.05) is 0 Å². The molecular formula is C16H32N3O5+. The van der Waals surface area contributed by atoms with Crippen molar-refractivity contribution in [2.24, 2.45) is 11.1 Å². The molecule has 0 unspecified atom stereocenters. The second-order valence-corrected chi connectivity index (χ2v) is 6.49. The van der Waals surface area contributed by atoms with Gasteiger partial charge in [0.05, 0.1) is 45.5 Å². The number of rotatable bonds is 8. The summed E-state index contributed by atoms with van der Waals surface area (Å²) in [4.78, 5) is 2.97. The van der Waals surface area contributed by atoms with E-state index >= 15 is 0 Å². The number of hydrogen-bond donors (Lipinski definition) is 3. The first-order chi connectivity index (χ1) is 11.7. The third-order valence-corrected chi connectivity index (χ3v) is 4.30. The van der Waals surface area contributed by atoms with Crippen LogP contribution in [0.2, 0.25) is 0 Å². The summed E-state index contributed by atoms with van der Waals surface area (Å²) in [6, 6.07) is 0.334. The highest BCUT2D eigenvalue weighted by molar-refractivity contribution is 5.64. The molecular weight excluding hydrogens is 314 g/mol. The predicted molar refractivity (Wildman–Crippen MR) is 88.2 cm³/mol. The standard InChI is InChI=1S/C16H31N3O5/c1-18-7-3-5-13-21-9-16(10-22-13)11-23-14(24-12-16)6-4-8-19-15(17)20-2/h13-14,18H,3-12H2,1-2H3,(H2,17,19)/p+1. The van der Waals surface area contributed by atoms with Crippen molar-refractivity contribution < 1.29 is 28.7 Å². The second-order valence-electron chi connectivity index (χ2n) is 6.49. The fourth-order valence-corrected chi connectivity index (χ4v) is 2.76. The van der Waals surface area contributed by atoms with Crippen LogP contribution in [-0.4, -0.2) is 72.3 Å². The Morgan fingerprint density at radius 3 is 2.12 bits per heavy atom. The summed E-state index contributed by atoms with van der Waals surface area (Å²) in [5.41, 5.74) is 5.36. The van der Waals surface area contributed by atoms with Crippen molar-refractivity contribution in [2.75, 3.05) is 53.7 Å². The first-order valence-corrected chi connectivity index (χ1v) is 8.69. The van der Waals surface area contributed by atoms with Crippen LogP contribution in [0.1, 0.15) is 25.7 Å². The summed E-state index contributed by atoms with van der Waals surface area (Å²) in [7, 11) is 3.49. The van der Waals surface area contributed by atoms with Crippen LogP contribution in [0.15, 0.2) is 0 Å². The van der Waals surface area contributed by atoms with Gasteiger partial charge in [0.15, 0.2) is 12.6 Å². The lowest BCUT2D eigenvalue weighted by molar-refractivity contribution is -0.469. The smallest absolute Gasteiger partial charge is 0.435 e. The molecule has 140 valence electrons. The van der Waals surface area contributed by atoms with Crippen molar-refractivity contribution in [1.29, 1.82) is 0 Å². The van der Waals surface area contributed by atoms with Gasteiger partial charge in [-0.25, -0.2) is 4.99 Å². The third kappa shape index (κ3) is 6.18. The largest absolute Gasteiger partial charge is 0.439 e. The van der Waals surface area contributed by atoms with Gasteiger partial charge in [0, 0.05) is 6.42 Å². The average Bonchev–Trinajstić information content (AvgIpc) is 2.62. The quantitative estimate of drug-likeness (QED) is 0.281. The van der Waals surface area contributed by atoms with Gasteiger partial charge in [-0.05, 0) is 32.9 Å². The van der Waals surface area contributed by atoms with Crippen LogP contribution < -0.4 is 16.0 Å². The fourth-order valence-electron chi connectivity index (χ4n) is 2.76. The molecule has 4 N–H and O–H groups in total. The van der Waals surface area contributed by atoms with E-state index in [2.05, 4.69) is 10.3 Å². The van der Waals surface area contributed by atoms with E-state index in [4.69, 9.17) is 29.4 Å². The third-order valence-electron chi connectivity index (χ3n) is 4.30. The van der Waals surface area contributed by atoms with Crippen molar-refractivity contribution in [3.63, 3.8) is 0 Å². The highest BCUT2D eigenvalue weighted by Gasteiger charge is 2.41. The maximum atomic E-state index is 5.85. The molecule has 0 aromatic carbocycles. The zero-order valence-electron chi connectivity index (χ0n) is 14.8. The highest BCUT2D eigenvalue weighted by atomic mass is 16.7. The minimum atomic E-state index is -0.172. The number of nitrogens with two attached hydrogens (primary N) is 1. The van der Waals surface area contributed by atoms with Crippen LogP contribution >= 0.6 is 0 Å². The van der Waals surface area contributed by atoms with Crippen LogP contribution in [-0.2, 0) is 23.7 Å². The Bertz CT molecular complexity index is 376. The van der Waals surface area contributed by atoms with Crippen molar-refractivity contribution in [1.82, 2.24) is 5.32 Å². The van der Waals surface area contributed by atoms with E-state index in [0.29, 0.717) is 32.4 Å². The van der Waals surface area contributed by atoms with Crippen LogP contribution in [0.4, 0.5) is 0 Å². The van der Waals surface area contributed by atoms with E-state index in [1.807, 2.05) is 7.05 Å². The maximum Gasteiger partial charge on any atom is 0.439 e. The zero-order chi connectivity index (χ0) is 17.3.